The fourth-order valence-electron chi connectivity index (χ4n) is 2.30. The van der Waals surface area contributed by atoms with Crippen LogP contribution in [-0.4, -0.2) is 36.9 Å². The molecule has 0 spiro atoms. The number of carbonyl (C=O) groups is 1. The van der Waals surface area contributed by atoms with Crippen LogP contribution in [0.2, 0.25) is 0 Å². The summed E-state index contributed by atoms with van der Waals surface area (Å²) in [6.45, 7) is 6.32. The lowest BCUT2D eigenvalue weighted by atomic mass is 10.1. The van der Waals surface area contributed by atoms with Gasteiger partial charge in [0.1, 0.15) is 0 Å². The first-order valence-corrected chi connectivity index (χ1v) is 6.28. The minimum absolute atomic E-state index is 0.134. The predicted octanol–water partition coefficient (Wildman–Crippen LogP) is 2.31. The first-order valence-electron chi connectivity index (χ1n) is 6.28. The molecule has 1 N–H and O–H groups in total. The van der Waals surface area contributed by atoms with Crippen molar-refractivity contribution in [2.75, 3.05) is 24.6 Å². The maximum atomic E-state index is 11.3. The summed E-state index contributed by atoms with van der Waals surface area (Å²) in [7, 11) is 0. The number of aromatic carboxylic acids is 1. The van der Waals surface area contributed by atoms with E-state index in [9.17, 15) is 9.90 Å². The number of benzene rings is 1. The molecular formula is C14H19NO3. The molecule has 2 rings (SSSR count). The quantitative estimate of drug-likeness (QED) is 0.873. The summed E-state index contributed by atoms with van der Waals surface area (Å²) in [6, 6.07) is 5.47. The minimum atomic E-state index is -0.872. The molecule has 1 aliphatic heterocycles. The number of anilines is 1. The van der Waals surface area contributed by atoms with Crippen molar-refractivity contribution >= 4 is 11.7 Å². The zero-order chi connectivity index (χ0) is 13.1. The van der Waals surface area contributed by atoms with E-state index in [1.165, 1.54) is 0 Å². The van der Waals surface area contributed by atoms with Crippen LogP contribution < -0.4 is 4.90 Å². The molecule has 4 nitrogen and oxygen atoms in total. The number of hydrogen-bond acceptors (Lipinski definition) is 3. The van der Waals surface area contributed by atoms with Gasteiger partial charge in [0.2, 0.25) is 0 Å². The zero-order valence-corrected chi connectivity index (χ0v) is 10.8. The smallest absolute Gasteiger partial charge is 0.337 e. The molecule has 0 saturated carbocycles. The Morgan fingerprint density at radius 2 is 2.28 bits per heavy atom. The summed E-state index contributed by atoms with van der Waals surface area (Å²) in [6.07, 6.45) is 1.06. The number of nitrogens with zero attached hydrogens (tertiary/aromatic N) is 1. The molecule has 0 aromatic heterocycles. The molecule has 1 saturated heterocycles. The standard InChI is InChI=1S/C14H19NO3/c1-10-4-5-12(14(16)17)13(8-10)15-6-3-7-18-11(2)9-15/h4-5,8,11H,3,6-7,9H2,1-2H3,(H,16,17). The molecule has 1 aliphatic rings. The maximum Gasteiger partial charge on any atom is 0.337 e. The van der Waals surface area contributed by atoms with E-state index in [-0.39, 0.29) is 6.10 Å². The molecular weight excluding hydrogens is 230 g/mol. The Kier molecular flexibility index (Phi) is 3.87. The first-order chi connectivity index (χ1) is 8.58. The molecule has 4 heteroatoms. The SMILES string of the molecule is Cc1ccc(C(=O)O)c(N2CCCOC(C)C2)c1. The Morgan fingerprint density at radius 3 is 3.00 bits per heavy atom. The van der Waals surface area contributed by atoms with Crippen molar-refractivity contribution < 1.29 is 14.6 Å². The lowest BCUT2D eigenvalue weighted by molar-refractivity contribution is 0.0696. The molecule has 1 fully saturated rings. The third kappa shape index (κ3) is 2.82. The monoisotopic (exact) mass is 249 g/mol. The molecule has 1 aromatic carbocycles. The van der Waals surface area contributed by atoms with Gasteiger partial charge in [0.25, 0.3) is 0 Å². The van der Waals surface area contributed by atoms with E-state index in [0.717, 1.165) is 37.4 Å². The molecule has 98 valence electrons. The summed E-state index contributed by atoms with van der Waals surface area (Å²) < 4.78 is 5.60. The van der Waals surface area contributed by atoms with Crippen LogP contribution in [0, 0.1) is 6.92 Å². The number of carboxylic acids is 1. The fraction of sp³-hybridized carbons (Fsp3) is 0.500. The Morgan fingerprint density at radius 1 is 1.50 bits per heavy atom. The lowest BCUT2D eigenvalue weighted by Crippen LogP contribution is -2.31. The van der Waals surface area contributed by atoms with E-state index in [1.807, 2.05) is 26.0 Å². The van der Waals surface area contributed by atoms with Gasteiger partial charge in [-0.15, -0.1) is 0 Å². The largest absolute Gasteiger partial charge is 0.478 e. The van der Waals surface area contributed by atoms with E-state index in [4.69, 9.17) is 4.74 Å². The number of carboxylic acid groups (broad SMARTS) is 1. The second-order valence-electron chi connectivity index (χ2n) is 4.81. The molecule has 0 aliphatic carbocycles. The van der Waals surface area contributed by atoms with Crippen molar-refractivity contribution in [1.29, 1.82) is 0 Å². The van der Waals surface area contributed by atoms with Crippen LogP contribution in [0.4, 0.5) is 5.69 Å². The van der Waals surface area contributed by atoms with Crippen LogP contribution in [0.1, 0.15) is 29.3 Å². The average Bonchev–Trinajstić information content (AvgIpc) is 2.53. The summed E-state index contributed by atoms with van der Waals surface area (Å²) in [5.41, 5.74) is 2.25. The van der Waals surface area contributed by atoms with Crippen molar-refractivity contribution in [3.05, 3.63) is 29.3 Å². The van der Waals surface area contributed by atoms with Crippen LogP contribution in [-0.2, 0) is 4.74 Å². The highest BCUT2D eigenvalue weighted by molar-refractivity contribution is 5.94. The van der Waals surface area contributed by atoms with Crippen LogP contribution >= 0.6 is 0 Å². The van der Waals surface area contributed by atoms with Crippen molar-refractivity contribution in [1.82, 2.24) is 0 Å². The molecule has 1 heterocycles. The molecule has 1 aromatic rings. The normalized spacial score (nSPS) is 20.6. The van der Waals surface area contributed by atoms with Gasteiger partial charge in [-0.1, -0.05) is 6.07 Å². The van der Waals surface area contributed by atoms with Crippen LogP contribution in [0.25, 0.3) is 0 Å². The van der Waals surface area contributed by atoms with Gasteiger partial charge in [0, 0.05) is 19.7 Å². The van der Waals surface area contributed by atoms with Gasteiger partial charge in [0.05, 0.1) is 17.4 Å². The third-order valence-electron chi connectivity index (χ3n) is 3.18. The predicted molar refractivity (Wildman–Crippen MR) is 70.4 cm³/mol. The van der Waals surface area contributed by atoms with Crippen LogP contribution in [0.5, 0.6) is 0 Å². The van der Waals surface area contributed by atoms with E-state index in [0.29, 0.717) is 5.56 Å². The van der Waals surface area contributed by atoms with E-state index >= 15 is 0 Å². The van der Waals surface area contributed by atoms with Gasteiger partial charge in [-0.25, -0.2) is 4.79 Å². The van der Waals surface area contributed by atoms with Crippen LogP contribution in [0.15, 0.2) is 18.2 Å². The Labute approximate surface area is 107 Å². The summed E-state index contributed by atoms with van der Waals surface area (Å²) in [5, 5.41) is 9.27. The lowest BCUT2D eigenvalue weighted by Gasteiger charge is -2.26. The molecule has 18 heavy (non-hydrogen) atoms. The number of ether oxygens (including phenoxy) is 1. The summed E-state index contributed by atoms with van der Waals surface area (Å²) in [4.78, 5) is 13.4. The van der Waals surface area contributed by atoms with Gasteiger partial charge in [-0.05, 0) is 38.0 Å². The fourth-order valence-corrected chi connectivity index (χ4v) is 2.30. The van der Waals surface area contributed by atoms with Gasteiger partial charge in [-0.3, -0.25) is 0 Å². The highest BCUT2D eigenvalue weighted by Crippen LogP contribution is 2.24. The Hall–Kier alpha value is -1.55. The number of rotatable bonds is 2. The second kappa shape index (κ2) is 5.40. The third-order valence-corrected chi connectivity index (χ3v) is 3.18. The van der Waals surface area contributed by atoms with Gasteiger partial charge in [0.15, 0.2) is 0 Å². The summed E-state index contributed by atoms with van der Waals surface area (Å²) in [5.74, 6) is -0.872. The highest BCUT2D eigenvalue weighted by atomic mass is 16.5. The molecule has 1 unspecified atom stereocenters. The molecule has 0 amide bonds. The van der Waals surface area contributed by atoms with E-state index in [2.05, 4.69) is 4.90 Å². The number of aryl methyl sites for hydroxylation is 1. The average molecular weight is 249 g/mol. The minimum Gasteiger partial charge on any atom is -0.478 e. The van der Waals surface area contributed by atoms with Gasteiger partial charge >= 0.3 is 5.97 Å². The Bertz CT molecular complexity index is 445. The first kappa shape index (κ1) is 12.9. The van der Waals surface area contributed by atoms with Crippen molar-refractivity contribution in [3.8, 4) is 0 Å². The van der Waals surface area contributed by atoms with Crippen LogP contribution in [0.3, 0.4) is 0 Å². The topological polar surface area (TPSA) is 49.8 Å². The van der Waals surface area contributed by atoms with Crippen molar-refractivity contribution in [2.24, 2.45) is 0 Å². The molecule has 0 radical (unpaired) electrons. The number of hydrogen-bond donors (Lipinski definition) is 1. The summed E-state index contributed by atoms with van der Waals surface area (Å²) >= 11 is 0. The second-order valence-corrected chi connectivity index (χ2v) is 4.81. The molecule has 0 bridgehead atoms. The van der Waals surface area contributed by atoms with Gasteiger partial charge in [-0.2, -0.15) is 0 Å². The molecule has 1 atom stereocenters. The van der Waals surface area contributed by atoms with Crippen molar-refractivity contribution in [2.45, 2.75) is 26.4 Å². The van der Waals surface area contributed by atoms with Gasteiger partial charge < -0.3 is 14.7 Å². The maximum absolute atomic E-state index is 11.3. The van der Waals surface area contributed by atoms with E-state index < -0.39 is 5.97 Å². The van der Waals surface area contributed by atoms with E-state index in [1.54, 1.807) is 6.07 Å². The Balaban J connectivity index is 2.35. The highest BCUT2D eigenvalue weighted by Gasteiger charge is 2.20. The van der Waals surface area contributed by atoms with Crippen molar-refractivity contribution in [3.63, 3.8) is 0 Å². The zero-order valence-electron chi connectivity index (χ0n) is 10.8.